The predicted molar refractivity (Wildman–Crippen MR) is 104 cm³/mol. The molecule has 0 atom stereocenters. The van der Waals surface area contributed by atoms with Crippen molar-refractivity contribution in [3.63, 3.8) is 0 Å². The van der Waals surface area contributed by atoms with E-state index in [9.17, 15) is 12.8 Å². The van der Waals surface area contributed by atoms with Crippen LogP contribution in [-0.2, 0) is 10.0 Å². The number of hydrogen-bond donors (Lipinski definition) is 2. The average Bonchev–Trinajstić information content (AvgIpc) is 3.08. The Bertz CT molecular complexity index is 1090. The molecule has 1 fully saturated rings. The summed E-state index contributed by atoms with van der Waals surface area (Å²) in [7, 11) is -3.20. The number of aromatic nitrogens is 4. The lowest BCUT2D eigenvalue weighted by Gasteiger charge is -2.29. The van der Waals surface area contributed by atoms with Gasteiger partial charge in [-0.2, -0.15) is 0 Å². The molecule has 0 radical (unpaired) electrons. The van der Waals surface area contributed by atoms with Crippen LogP contribution in [0.25, 0.3) is 17.0 Å². The zero-order valence-corrected chi connectivity index (χ0v) is 16.2. The van der Waals surface area contributed by atoms with Gasteiger partial charge < -0.3 is 5.32 Å². The Balaban J connectivity index is 1.49. The molecule has 0 unspecified atom stereocenters. The van der Waals surface area contributed by atoms with Gasteiger partial charge in [0.15, 0.2) is 5.82 Å². The van der Waals surface area contributed by atoms with Gasteiger partial charge in [0.25, 0.3) is 0 Å². The second-order valence-corrected chi connectivity index (χ2v) is 8.83. The molecule has 8 nitrogen and oxygen atoms in total. The third kappa shape index (κ3) is 4.12. The molecule has 0 saturated heterocycles. The van der Waals surface area contributed by atoms with Gasteiger partial charge >= 0.3 is 0 Å². The smallest absolute Gasteiger partial charge is 0.223 e. The van der Waals surface area contributed by atoms with Crippen LogP contribution in [0, 0.1) is 5.82 Å². The van der Waals surface area contributed by atoms with E-state index in [1.807, 2.05) is 24.4 Å². The van der Waals surface area contributed by atoms with Crippen LogP contribution >= 0.6 is 0 Å². The van der Waals surface area contributed by atoms with Crippen molar-refractivity contribution in [3.8, 4) is 11.4 Å². The average molecular weight is 404 g/mol. The first-order valence-electron chi connectivity index (χ1n) is 9.08. The number of imidazole rings is 1. The maximum atomic E-state index is 14.4. The van der Waals surface area contributed by atoms with Gasteiger partial charge in [0.2, 0.25) is 16.0 Å². The standard InChI is InChI=1S/C18H21FN6O2S/c1-28(26,27)24-13-7-5-12(6-8-13)22-18-21-10-14(19)17(23-18)15-11-20-16-4-2-3-9-25(15)16/h2-4,9-13,24H,5-8H2,1H3,(H,21,22,23). The number of fused-ring (bicyclic) bond motifs is 1. The van der Waals surface area contributed by atoms with Crippen molar-refractivity contribution >= 4 is 21.6 Å². The highest BCUT2D eigenvalue weighted by Crippen LogP contribution is 2.25. The van der Waals surface area contributed by atoms with Crippen LogP contribution in [-0.4, -0.2) is 46.1 Å². The van der Waals surface area contributed by atoms with Gasteiger partial charge in [0, 0.05) is 18.3 Å². The summed E-state index contributed by atoms with van der Waals surface area (Å²) in [5.74, 6) is -0.168. The van der Waals surface area contributed by atoms with Gasteiger partial charge in [0.1, 0.15) is 11.3 Å². The van der Waals surface area contributed by atoms with Gasteiger partial charge in [-0.25, -0.2) is 32.5 Å². The second kappa shape index (κ2) is 7.44. The van der Waals surface area contributed by atoms with Crippen LogP contribution in [0.1, 0.15) is 25.7 Å². The third-order valence-corrected chi connectivity index (χ3v) is 5.61. The molecule has 0 amide bonds. The van der Waals surface area contributed by atoms with E-state index in [1.54, 1.807) is 10.6 Å². The molecule has 0 bridgehead atoms. The number of nitrogens with one attached hydrogen (secondary N) is 2. The van der Waals surface area contributed by atoms with Crippen molar-refractivity contribution in [2.75, 3.05) is 11.6 Å². The van der Waals surface area contributed by atoms with E-state index < -0.39 is 15.8 Å². The Kier molecular flexibility index (Phi) is 4.98. The fraction of sp³-hybridized carbons (Fsp3) is 0.389. The van der Waals surface area contributed by atoms with E-state index in [-0.39, 0.29) is 17.8 Å². The quantitative estimate of drug-likeness (QED) is 0.676. The van der Waals surface area contributed by atoms with E-state index in [4.69, 9.17) is 0 Å². The van der Waals surface area contributed by atoms with Crippen LogP contribution in [0.15, 0.2) is 36.8 Å². The molecular formula is C18H21FN6O2S. The number of nitrogens with zero attached hydrogens (tertiary/aromatic N) is 4. The van der Waals surface area contributed by atoms with Gasteiger partial charge in [0.05, 0.1) is 24.3 Å². The second-order valence-electron chi connectivity index (χ2n) is 7.05. The molecule has 1 aliphatic carbocycles. The number of pyridine rings is 1. The van der Waals surface area contributed by atoms with Crippen molar-refractivity contribution in [1.29, 1.82) is 0 Å². The molecule has 4 rings (SSSR count). The van der Waals surface area contributed by atoms with Crippen LogP contribution in [0.5, 0.6) is 0 Å². The van der Waals surface area contributed by atoms with Crippen LogP contribution in [0.4, 0.5) is 10.3 Å². The molecular weight excluding hydrogens is 383 g/mol. The SMILES string of the molecule is CS(=O)(=O)NC1CCC(Nc2ncc(F)c(-c3cnc4ccccn34)n2)CC1. The molecule has 148 valence electrons. The van der Waals surface area contributed by atoms with E-state index in [0.29, 0.717) is 17.3 Å². The first-order valence-corrected chi connectivity index (χ1v) is 11.0. The summed E-state index contributed by atoms with van der Waals surface area (Å²) in [5.41, 5.74) is 1.45. The summed E-state index contributed by atoms with van der Waals surface area (Å²) < 4.78 is 41.5. The van der Waals surface area contributed by atoms with Crippen LogP contribution < -0.4 is 10.0 Å². The lowest BCUT2D eigenvalue weighted by atomic mass is 9.92. The van der Waals surface area contributed by atoms with Gasteiger partial charge in [-0.3, -0.25) is 4.40 Å². The van der Waals surface area contributed by atoms with E-state index in [0.717, 1.165) is 31.9 Å². The summed E-state index contributed by atoms with van der Waals surface area (Å²) >= 11 is 0. The first kappa shape index (κ1) is 18.8. The van der Waals surface area contributed by atoms with Crippen molar-refractivity contribution in [2.24, 2.45) is 0 Å². The zero-order valence-electron chi connectivity index (χ0n) is 15.3. The summed E-state index contributed by atoms with van der Waals surface area (Å²) in [5, 5.41) is 3.25. The molecule has 3 aromatic rings. The highest BCUT2D eigenvalue weighted by molar-refractivity contribution is 7.88. The highest BCUT2D eigenvalue weighted by Gasteiger charge is 2.24. The summed E-state index contributed by atoms with van der Waals surface area (Å²) in [4.78, 5) is 12.7. The minimum absolute atomic E-state index is 0.0455. The number of anilines is 1. The maximum absolute atomic E-state index is 14.4. The Morgan fingerprint density at radius 1 is 1.11 bits per heavy atom. The van der Waals surface area contributed by atoms with Crippen LogP contribution in [0.2, 0.25) is 0 Å². The van der Waals surface area contributed by atoms with Crippen molar-refractivity contribution in [1.82, 2.24) is 24.1 Å². The van der Waals surface area contributed by atoms with E-state index in [2.05, 4.69) is 25.0 Å². The molecule has 3 aromatic heterocycles. The molecule has 0 aliphatic heterocycles. The molecule has 2 N–H and O–H groups in total. The number of rotatable bonds is 5. The molecule has 0 aromatic carbocycles. The summed E-state index contributed by atoms with van der Waals surface area (Å²) in [6.07, 6.45) is 8.74. The van der Waals surface area contributed by atoms with Crippen LogP contribution in [0.3, 0.4) is 0 Å². The molecule has 0 spiro atoms. The monoisotopic (exact) mass is 404 g/mol. The Morgan fingerprint density at radius 3 is 2.61 bits per heavy atom. The zero-order chi connectivity index (χ0) is 19.7. The maximum Gasteiger partial charge on any atom is 0.223 e. The van der Waals surface area contributed by atoms with Crippen molar-refractivity contribution in [2.45, 2.75) is 37.8 Å². The van der Waals surface area contributed by atoms with Crippen molar-refractivity contribution < 1.29 is 12.8 Å². The van der Waals surface area contributed by atoms with Gasteiger partial charge in [-0.05, 0) is 37.8 Å². The third-order valence-electron chi connectivity index (χ3n) is 4.84. The summed E-state index contributed by atoms with van der Waals surface area (Å²) in [6.45, 7) is 0. The highest BCUT2D eigenvalue weighted by atomic mass is 32.2. The Hall–Kier alpha value is -2.59. The minimum Gasteiger partial charge on any atom is -0.351 e. The number of hydrogen-bond acceptors (Lipinski definition) is 6. The molecule has 28 heavy (non-hydrogen) atoms. The molecule has 10 heteroatoms. The number of halogens is 1. The van der Waals surface area contributed by atoms with Gasteiger partial charge in [-0.1, -0.05) is 6.07 Å². The lowest BCUT2D eigenvalue weighted by molar-refractivity contribution is 0.387. The Morgan fingerprint density at radius 2 is 1.86 bits per heavy atom. The number of sulfonamides is 1. The lowest BCUT2D eigenvalue weighted by Crippen LogP contribution is -2.39. The summed E-state index contributed by atoms with van der Waals surface area (Å²) in [6, 6.07) is 5.61. The normalized spacial score (nSPS) is 20.4. The molecule has 1 saturated carbocycles. The van der Waals surface area contributed by atoms with E-state index >= 15 is 0 Å². The van der Waals surface area contributed by atoms with Crippen molar-refractivity contribution in [3.05, 3.63) is 42.6 Å². The first-order chi connectivity index (χ1) is 13.4. The fourth-order valence-electron chi connectivity index (χ4n) is 3.56. The topological polar surface area (TPSA) is 101 Å². The fourth-order valence-corrected chi connectivity index (χ4v) is 4.41. The molecule has 1 aliphatic rings. The van der Waals surface area contributed by atoms with E-state index in [1.165, 1.54) is 6.26 Å². The molecule has 3 heterocycles. The minimum atomic E-state index is -3.20. The Labute approximate surface area is 162 Å². The predicted octanol–water partition coefficient (Wildman–Crippen LogP) is 2.20. The largest absolute Gasteiger partial charge is 0.351 e. The van der Waals surface area contributed by atoms with Gasteiger partial charge in [-0.15, -0.1) is 0 Å².